The molecule has 0 radical (unpaired) electrons. The summed E-state index contributed by atoms with van der Waals surface area (Å²) in [6, 6.07) is 2.21. The molecule has 1 aliphatic carbocycles. The molecule has 1 fully saturated rings. The molecule has 2 aromatic rings. The fraction of sp³-hybridized carbons (Fsp3) is 0.429. The van der Waals surface area contributed by atoms with Gasteiger partial charge in [0.05, 0.1) is 12.0 Å². The Hall–Kier alpha value is -2.24. The fourth-order valence-electron chi connectivity index (χ4n) is 2.31. The number of aryl methyl sites for hydroxylation is 1. The van der Waals surface area contributed by atoms with Gasteiger partial charge in [-0.05, 0) is 25.3 Å². The average molecular weight is 273 g/mol. The molecule has 0 saturated heterocycles. The van der Waals surface area contributed by atoms with Crippen LogP contribution in [0.1, 0.15) is 35.8 Å². The number of nitrogens with two attached hydrogens (primary N) is 1. The molecule has 1 amide bonds. The third kappa shape index (κ3) is 2.84. The van der Waals surface area contributed by atoms with Gasteiger partial charge in [-0.1, -0.05) is 0 Å². The summed E-state index contributed by atoms with van der Waals surface area (Å²) in [6.45, 7) is 1.50. The molecule has 0 aromatic carbocycles. The SMILES string of the molecule is Nc1cc(C(=O)NCCCn2ccnc2)n(C2CC2)c1. The van der Waals surface area contributed by atoms with Crippen molar-refractivity contribution in [2.75, 3.05) is 12.3 Å². The van der Waals surface area contributed by atoms with Crippen molar-refractivity contribution in [1.82, 2.24) is 19.4 Å². The molecule has 1 saturated carbocycles. The number of hydrogen-bond acceptors (Lipinski definition) is 3. The number of rotatable bonds is 6. The Balaban J connectivity index is 1.51. The number of nitrogens with zero attached hydrogens (tertiary/aromatic N) is 3. The number of anilines is 1. The monoisotopic (exact) mass is 273 g/mol. The second kappa shape index (κ2) is 5.40. The van der Waals surface area contributed by atoms with Crippen molar-refractivity contribution in [2.24, 2.45) is 0 Å². The van der Waals surface area contributed by atoms with Gasteiger partial charge in [0.25, 0.3) is 5.91 Å². The van der Waals surface area contributed by atoms with Crippen LogP contribution in [0.25, 0.3) is 0 Å². The highest BCUT2D eigenvalue weighted by Crippen LogP contribution is 2.37. The van der Waals surface area contributed by atoms with Crippen LogP contribution in [0.2, 0.25) is 0 Å². The molecule has 0 bridgehead atoms. The van der Waals surface area contributed by atoms with E-state index >= 15 is 0 Å². The second-order valence-corrected chi connectivity index (χ2v) is 5.21. The van der Waals surface area contributed by atoms with Crippen LogP contribution in [-0.4, -0.2) is 26.6 Å². The summed E-state index contributed by atoms with van der Waals surface area (Å²) >= 11 is 0. The Bertz CT molecular complexity index is 583. The molecule has 0 unspecified atom stereocenters. The molecule has 6 nitrogen and oxygen atoms in total. The van der Waals surface area contributed by atoms with E-state index in [2.05, 4.69) is 10.3 Å². The van der Waals surface area contributed by atoms with E-state index < -0.39 is 0 Å². The van der Waals surface area contributed by atoms with Gasteiger partial charge in [0.15, 0.2) is 0 Å². The minimum atomic E-state index is -0.0424. The van der Waals surface area contributed by atoms with Crippen LogP contribution in [0.4, 0.5) is 5.69 Å². The van der Waals surface area contributed by atoms with Crippen LogP contribution in [0.5, 0.6) is 0 Å². The van der Waals surface area contributed by atoms with Crippen molar-refractivity contribution in [2.45, 2.75) is 31.8 Å². The summed E-state index contributed by atoms with van der Waals surface area (Å²) in [5.74, 6) is -0.0424. The Labute approximate surface area is 117 Å². The van der Waals surface area contributed by atoms with Gasteiger partial charge in [-0.3, -0.25) is 4.79 Å². The van der Waals surface area contributed by atoms with Crippen LogP contribution in [0.15, 0.2) is 31.0 Å². The number of nitrogens with one attached hydrogen (secondary N) is 1. The highest BCUT2D eigenvalue weighted by molar-refractivity contribution is 5.93. The minimum absolute atomic E-state index is 0.0424. The van der Waals surface area contributed by atoms with Gasteiger partial charge in [0.1, 0.15) is 5.69 Å². The summed E-state index contributed by atoms with van der Waals surface area (Å²) in [7, 11) is 0. The fourth-order valence-corrected chi connectivity index (χ4v) is 2.31. The number of imidazole rings is 1. The molecule has 6 heteroatoms. The summed E-state index contributed by atoms with van der Waals surface area (Å²) in [4.78, 5) is 16.1. The Kier molecular flexibility index (Phi) is 3.45. The van der Waals surface area contributed by atoms with E-state index in [1.807, 2.05) is 21.5 Å². The smallest absolute Gasteiger partial charge is 0.267 e. The van der Waals surface area contributed by atoms with E-state index in [1.54, 1.807) is 18.6 Å². The zero-order valence-electron chi connectivity index (χ0n) is 11.3. The molecular weight excluding hydrogens is 254 g/mol. The van der Waals surface area contributed by atoms with E-state index in [4.69, 9.17) is 5.73 Å². The van der Waals surface area contributed by atoms with Crippen LogP contribution >= 0.6 is 0 Å². The third-order valence-electron chi connectivity index (χ3n) is 3.48. The number of amides is 1. The van der Waals surface area contributed by atoms with Crippen molar-refractivity contribution in [1.29, 1.82) is 0 Å². The van der Waals surface area contributed by atoms with Gasteiger partial charge in [0, 0.05) is 37.7 Å². The normalized spacial score (nSPS) is 14.4. The molecule has 0 atom stereocenters. The zero-order chi connectivity index (χ0) is 13.9. The number of carbonyl (C=O) groups is 1. The number of aromatic nitrogens is 3. The van der Waals surface area contributed by atoms with Gasteiger partial charge in [-0.15, -0.1) is 0 Å². The van der Waals surface area contributed by atoms with Gasteiger partial charge < -0.3 is 20.2 Å². The molecule has 2 heterocycles. The Morgan fingerprint density at radius 3 is 3.05 bits per heavy atom. The molecule has 0 spiro atoms. The summed E-state index contributed by atoms with van der Waals surface area (Å²) in [5, 5.41) is 2.95. The van der Waals surface area contributed by atoms with Crippen molar-refractivity contribution < 1.29 is 4.79 Å². The number of hydrogen-bond donors (Lipinski definition) is 2. The quantitative estimate of drug-likeness (QED) is 0.781. The first-order valence-electron chi connectivity index (χ1n) is 6.95. The lowest BCUT2D eigenvalue weighted by molar-refractivity contribution is 0.0943. The van der Waals surface area contributed by atoms with E-state index in [0.29, 0.717) is 24.0 Å². The first kappa shape index (κ1) is 12.8. The van der Waals surface area contributed by atoms with E-state index in [0.717, 1.165) is 25.8 Å². The lowest BCUT2D eigenvalue weighted by Gasteiger charge is -2.08. The molecule has 0 aliphatic heterocycles. The highest BCUT2D eigenvalue weighted by Gasteiger charge is 2.27. The third-order valence-corrected chi connectivity index (χ3v) is 3.48. The molecule has 2 aromatic heterocycles. The van der Waals surface area contributed by atoms with Crippen molar-refractivity contribution in [3.63, 3.8) is 0 Å². The maximum atomic E-state index is 12.2. The predicted octanol–water partition coefficient (Wildman–Crippen LogP) is 1.42. The lowest BCUT2D eigenvalue weighted by Crippen LogP contribution is -2.27. The van der Waals surface area contributed by atoms with Crippen LogP contribution in [-0.2, 0) is 6.54 Å². The topological polar surface area (TPSA) is 77.9 Å². The second-order valence-electron chi connectivity index (χ2n) is 5.21. The molecule has 106 valence electrons. The molecule has 1 aliphatic rings. The highest BCUT2D eigenvalue weighted by atomic mass is 16.1. The predicted molar refractivity (Wildman–Crippen MR) is 76.3 cm³/mol. The van der Waals surface area contributed by atoms with E-state index in [-0.39, 0.29) is 5.91 Å². The van der Waals surface area contributed by atoms with Crippen molar-refractivity contribution >= 4 is 11.6 Å². The van der Waals surface area contributed by atoms with Crippen LogP contribution in [0.3, 0.4) is 0 Å². The summed E-state index contributed by atoms with van der Waals surface area (Å²) in [5.41, 5.74) is 7.12. The number of carbonyl (C=O) groups excluding carboxylic acids is 1. The Morgan fingerprint density at radius 2 is 2.35 bits per heavy atom. The van der Waals surface area contributed by atoms with Crippen LogP contribution < -0.4 is 11.1 Å². The van der Waals surface area contributed by atoms with Crippen molar-refractivity contribution in [3.05, 3.63) is 36.7 Å². The van der Waals surface area contributed by atoms with E-state index in [1.165, 1.54) is 0 Å². The van der Waals surface area contributed by atoms with Crippen molar-refractivity contribution in [3.8, 4) is 0 Å². The van der Waals surface area contributed by atoms with Crippen LogP contribution in [0, 0.1) is 0 Å². The number of nitrogen functional groups attached to an aromatic ring is 1. The largest absolute Gasteiger partial charge is 0.397 e. The van der Waals surface area contributed by atoms with Gasteiger partial charge in [-0.2, -0.15) is 0 Å². The van der Waals surface area contributed by atoms with Gasteiger partial charge in [0.2, 0.25) is 0 Å². The molecule has 3 N–H and O–H groups in total. The molecular formula is C14H19N5O. The first-order valence-corrected chi connectivity index (χ1v) is 6.95. The zero-order valence-corrected chi connectivity index (χ0v) is 11.3. The summed E-state index contributed by atoms with van der Waals surface area (Å²) in [6.07, 6.45) is 10.5. The molecule has 20 heavy (non-hydrogen) atoms. The average Bonchev–Trinajstić information content (AvgIpc) is 3.00. The van der Waals surface area contributed by atoms with Gasteiger partial charge in [-0.25, -0.2) is 4.98 Å². The first-order chi connectivity index (χ1) is 9.74. The maximum Gasteiger partial charge on any atom is 0.267 e. The lowest BCUT2D eigenvalue weighted by atomic mass is 10.3. The summed E-state index contributed by atoms with van der Waals surface area (Å²) < 4.78 is 4.00. The van der Waals surface area contributed by atoms with E-state index in [9.17, 15) is 4.79 Å². The molecule has 3 rings (SSSR count). The Morgan fingerprint density at radius 1 is 1.50 bits per heavy atom. The maximum absolute atomic E-state index is 12.2. The van der Waals surface area contributed by atoms with Gasteiger partial charge >= 0.3 is 0 Å². The minimum Gasteiger partial charge on any atom is -0.397 e. The standard InChI is InChI=1S/C14H19N5O/c15-11-8-13(19(9-11)12-2-3-12)14(20)17-4-1-6-18-7-5-16-10-18/h5,7-10,12H,1-4,6,15H2,(H,17,20).